The summed E-state index contributed by atoms with van der Waals surface area (Å²) in [6.45, 7) is 19.5. The second-order valence-electron chi connectivity index (χ2n) is 14.0. The Bertz CT molecular complexity index is 761. The highest BCUT2D eigenvalue weighted by atomic mass is 16.5. The van der Waals surface area contributed by atoms with Crippen LogP contribution in [0.25, 0.3) is 0 Å². The molecule has 0 aromatic heterocycles. The third-order valence-corrected chi connectivity index (χ3v) is 11.3. The largest absolute Gasteiger partial charge is 0.393 e. The van der Waals surface area contributed by atoms with Crippen molar-refractivity contribution in [2.75, 3.05) is 13.2 Å². The minimum absolute atomic E-state index is 0.0116. The molecule has 0 unspecified atom stereocenters. The van der Waals surface area contributed by atoms with E-state index < -0.39 is 5.60 Å². The summed E-state index contributed by atoms with van der Waals surface area (Å²) in [6.07, 6.45) is 9.53. The Hall–Kier alpha value is -0.380. The zero-order chi connectivity index (χ0) is 23.7. The van der Waals surface area contributed by atoms with Gasteiger partial charge >= 0.3 is 0 Å². The molecule has 3 nitrogen and oxygen atoms in total. The standard InChI is InChI=1S/C29H50O3/c1-19(17-32-18-25(2,3)31)20-11-15-29(8)22-9-10-23-26(4,5)24(30)13-14-27(23,6)21(22)12-16-28(20,29)7/h19-20,23-24,30-31H,9-18H2,1-8H3/t19-,20-,23+,24+,27-,28-,29+/m1/s1. The van der Waals surface area contributed by atoms with Crippen LogP contribution in [0.5, 0.6) is 0 Å². The first-order chi connectivity index (χ1) is 14.7. The molecule has 0 bridgehead atoms. The van der Waals surface area contributed by atoms with Gasteiger partial charge in [0.2, 0.25) is 0 Å². The van der Waals surface area contributed by atoms with Crippen molar-refractivity contribution in [2.45, 2.75) is 118 Å². The van der Waals surface area contributed by atoms with Crippen LogP contribution < -0.4 is 0 Å². The molecule has 7 atom stereocenters. The quantitative estimate of drug-likeness (QED) is 0.473. The van der Waals surface area contributed by atoms with E-state index in [0.29, 0.717) is 35.2 Å². The van der Waals surface area contributed by atoms with Crippen molar-refractivity contribution in [3.8, 4) is 0 Å². The van der Waals surface area contributed by atoms with Crippen LogP contribution in [0.2, 0.25) is 0 Å². The Morgan fingerprint density at radius 2 is 1.66 bits per heavy atom. The molecule has 32 heavy (non-hydrogen) atoms. The summed E-state index contributed by atoms with van der Waals surface area (Å²) in [6, 6.07) is 0. The Morgan fingerprint density at radius 1 is 0.969 bits per heavy atom. The second kappa shape index (κ2) is 7.82. The maximum absolute atomic E-state index is 10.8. The average Bonchev–Trinajstić information content (AvgIpc) is 2.96. The van der Waals surface area contributed by atoms with E-state index in [0.717, 1.165) is 19.4 Å². The van der Waals surface area contributed by atoms with Crippen LogP contribution in [0.1, 0.15) is 107 Å². The average molecular weight is 447 g/mol. The van der Waals surface area contributed by atoms with Crippen LogP contribution in [-0.4, -0.2) is 35.1 Å². The fraction of sp³-hybridized carbons (Fsp3) is 0.931. The highest BCUT2D eigenvalue weighted by Crippen LogP contribution is 2.72. The molecule has 0 aromatic carbocycles. The maximum Gasteiger partial charge on any atom is 0.0824 e. The fourth-order valence-corrected chi connectivity index (χ4v) is 9.24. The van der Waals surface area contributed by atoms with Crippen molar-refractivity contribution in [3.63, 3.8) is 0 Å². The summed E-state index contributed by atoms with van der Waals surface area (Å²) in [5.41, 5.74) is 3.75. The van der Waals surface area contributed by atoms with Crippen molar-refractivity contribution < 1.29 is 14.9 Å². The van der Waals surface area contributed by atoms with Crippen LogP contribution in [0, 0.1) is 39.4 Å². The lowest BCUT2D eigenvalue weighted by atomic mass is 9.43. The smallest absolute Gasteiger partial charge is 0.0824 e. The summed E-state index contributed by atoms with van der Waals surface area (Å²) >= 11 is 0. The molecule has 2 saturated carbocycles. The van der Waals surface area contributed by atoms with Gasteiger partial charge in [-0.2, -0.15) is 0 Å². The first kappa shape index (κ1) is 24.7. The number of aliphatic hydroxyl groups excluding tert-OH is 1. The van der Waals surface area contributed by atoms with Gasteiger partial charge in [-0.05, 0) is 105 Å². The molecule has 184 valence electrons. The van der Waals surface area contributed by atoms with E-state index in [-0.39, 0.29) is 16.9 Å². The van der Waals surface area contributed by atoms with Crippen molar-refractivity contribution in [1.29, 1.82) is 0 Å². The molecule has 3 heteroatoms. The molecule has 0 aliphatic heterocycles. The molecular formula is C29H50O3. The molecule has 0 spiro atoms. The molecule has 2 N–H and O–H groups in total. The van der Waals surface area contributed by atoms with E-state index in [1.54, 1.807) is 5.57 Å². The van der Waals surface area contributed by atoms with Crippen LogP contribution in [0.15, 0.2) is 11.1 Å². The van der Waals surface area contributed by atoms with Crippen molar-refractivity contribution in [2.24, 2.45) is 39.4 Å². The van der Waals surface area contributed by atoms with Gasteiger partial charge in [-0.1, -0.05) is 52.7 Å². The Labute approximate surface area is 197 Å². The first-order valence-corrected chi connectivity index (χ1v) is 13.4. The van der Waals surface area contributed by atoms with Crippen LogP contribution in [0.4, 0.5) is 0 Å². The van der Waals surface area contributed by atoms with Gasteiger partial charge in [0.15, 0.2) is 0 Å². The van der Waals surface area contributed by atoms with Gasteiger partial charge in [-0.25, -0.2) is 0 Å². The van der Waals surface area contributed by atoms with Crippen molar-refractivity contribution >= 4 is 0 Å². The van der Waals surface area contributed by atoms with Crippen LogP contribution in [-0.2, 0) is 4.74 Å². The predicted molar refractivity (Wildman–Crippen MR) is 131 cm³/mol. The van der Waals surface area contributed by atoms with Gasteiger partial charge in [0.1, 0.15) is 0 Å². The summed E-state index contributed by atoms with van der Waals surface area (Å²) in [5, 5.41) is 20.8. The minimum atomic E-state index is -0.756. The van der Waals surface area contributed by atoms with Crippen LogP contribution >= 0.6 is 0 Å². The van der Waals surface area contributed by atoms with E-state index >= 15 is 0 Å². The molecule has 2 fully saturated rings. The molecule has 4 rings (SSSR count). The van der Waals surface area contributed by atoms with Crippen LogP contribution in [0.3, 0.4) is 0 Å². The summed E-state index contributed by atoms with van der Waals surface area (Å²) in [5.74, 6) is 1.79. The number of rotatable bonds is 5. The first-order valence-electron chi connectivity index (χ1n) is 13.4. The molecular weight excluding hydrogens is 396 g/mol. The Kier molecular flexibility index (Phi) is 6.04. The minimum Gasteiger partial charge on any atom is -0.393 e. The summed E-state index contributed by atoms with van der Waals surface area (Å²) in [7, 11) is 0. The highest BCUT2D eigenvalue weighted by molar-refractivity contribution is 5.38. The predicted octanol–water partition coefficient (Wildman–Crippen LogP) is 6.52. The van der Waals surface area contributed by atoms with E-state index in [4.69, 9.17) is 4.74 Å². The second-order valence-corrected chi connectivity index (χ2v) is 14.0. The lowest BCUT2D eigenvalue weighted by Crippen LogP contribution is -2.55. The zero-order valence-electron chi connectivity index (χ0n) is 22.2. The molecule has 0 saturated heterocycles. The van der Waals surface area contributed by atoms with Gasteiger partial charge in [0, 0.05) is 6.61 Å². The zero-order valence-corrected chi connectivity index (χ0v) is 22.2. The number of ether oxygens (including phenoxy) is 1. The molecule has 0 amide bonds. The van der Waals surface area contributed by atoms with E-state index in [9.17, 15) is 10.2 Å². The molecule has 4 aliphatic rings. The molecule has 0 radical (unpaired) electrons. The van der Waals surface area contributed by atoms with Gasteiger partial charge < -0.3 is 14.9 Å². The summed E-state index contributed by atoms with van der Waals surface area (Å²) in [4.78, 5) is 0. The summed E-state index contributed by atoms with van der Waals surface area (Å²) < 4.78 is 5.97. The Balaban J connectivity index is 1.60. The SMILES string of the molecule is C[C@H](COCC(C)(C)O)[C@H]1CC[C@@]2(C)C3=C(CC[C@]12C)[C@@]1(C)CC[C@H](O)C(C)(C)[C@@H]1CC3. The number of hydrogen-bond donors (Lipinski definition) is 2. The highest BCUT2D eigenvalue weighted by Gasteiger charge is 2.63. The molecule has 4 aliphatic carbocycles. The Morgan fingerprint density at radius 3 is 2.31 bits per heavy atom. The number of hydrogen-bond acceptors (Lipinski definition) is 3. The van der Waals surface area contributed by atoms with Gasteiger partial charge in [0.05, 0.1) is 18.3 Å². The van der Waals surface area contributed by atoms with E-state index in [2.05, 4.69) is 41.5 Å². The number of aliphatic hydroxyl groups is 2. The topological polar surface area (TPSA) is 49.7 Å². The normalized spacial score (nSPS) is 44.6. The molecule has 0 heterocycles. The van der Waals surface area contributed by atoms with E-state index in [1.165, 1.54) is 38.5 Å². The monoisotopic (exact) mass is 446 g/mol. The fourth-order valence-electron chi connectivity index (χ4n) is 9.24. The number of allylic oxidation sites excluding steroid dienone is 2. The van der Waals surface area contributed by atoms with Crippen molar-refractivity contribution in [1.82, 2.24) is 0 Å². The lowest BCUT2D eigenvalue weighted by Gasteiger charge is -2.62. The third-order valence-electron chi connectivity index (χ3n) is 11.3. The molecule has 0 aromatic rings. The number of fused-ring (bicyclic) bond motifs is 4. The van der Waals surface area contributed by atoms with Gasteiger partial charge in [-0.15, -0.1) is 0 Å². The third kappa shape index (κ3) is 3.55. The van der Waals surface area contributed by atoms with E-state index in [1.807, 2.05) is 19.4 Å². The lowest BCUT2D eigenvalue weighted by molar-refractivity contribution is -0.0970. The van der Waals surface area contributed by atoms with Gasteiger partial charge in [-0.3, -0.25) is 0 Å². The maximum atomic E-state index is 10.8. The van der Waals surface area contributed by atoms with Gasteiger partial charge in [0.25, 0.3) is 0 Å². The van der Waals surface area contributed by atoms with Crippen molar-refractivity contribution in [3.05, 3.63) is 11.1 Å².